The normalized spacial score (nSPS) is 26.6. The van der Waals surface area contributed by atoms with Crippen LogP contribution in [-0.2, 0) is 16.1 Å². The van der Waals surface area contributed by atoms with E-state index in [1.807, 2.05) is 17.7 Å². The number of nitrogens with zero attached hydrogens (tertiary/aromatic N) is 4. The molecule has 1 aromatic rings. The number of likely N-dealkylation sites (tertiary alicyclic amines) is 1. The molecule has 2 amide bonds. The molecule has 2 unspecified atom stereocenters. The van der Waals surface area contributed by atoms with Crippen LogP contribution in [0, 0.1) is 12.8 Å². The number of carbonyl (C=O) groups excluding carboxylic acids is 2. The summed E-state index contributed by atoms with van der Waals surface area (Å²) in [6, 6.07) is -0.664. The van der Waals surface area contributed by atoms with Gasteiger partial charge in [0.25, 0.3) is 5.91 Å². The Morgan fingerprint density at radius 3 is 2.79 bits per heavy atom. The minimum atomic E-state index is -1.12. The molecule has 0 bridgehead atoms. The van der Waals surface area contributed by atoms with Gasteiger partial charge in [-0.15, -0.1) is 0 Å². The number of imidazole rings is 1. The average molecular weight is 408 g/mol. The van der Waals surface area contributed by atoms with Crippen molar-refractivity contribution in [1.29, 1.82) is 0 Å². The van der Waals surface area contributed by atoms with Crippen LogP contribution in [0.1, 0.15) is 32.4 Å². The Labute approximate surface area is 171 Å². The third-order valence-electron chi connectivity index (χ3n) is 5.80. The zero-order chi connectivity index (χ0) is 21.2. The predicted octanol–water partition coefficient (Wildman–Crippen LogP) is -0.638. The largest absolute Gasteiger partial charge is 0.386 e. The van der Waals surface area contributed by atoms with Gasteiger partial charge in [-0.3, -0.25) is 9.59 Å². The first-order chi connectivity index (χ1) is 13.7. The van der Waals surface area contributed by atoms with E-state index in [0.717, 1.165) is 5.69 Å². The molecule has 0 spiro atoms. The summed E-state index contributed by atoms with van der Waals surface area (Å²) in [5.74, 6) is -0.797. The first-order valence-electron chi connectivity index (χ1n) is 10.4. The topological polar surface area (TPSA) is 111 Å². The molecule has 0 aromatic carbocycles. The number of β-amino-alcohol motifs (C(OH)–C–C–N with tert-alkyl or cyclic N) is 1. The van der Waals surface area contributed by atoms with Crippen LogP contribution in [0.3, 0.4) is 0 Å². The second kappa shape index (κ2) is 8.81. The van der Waals surface area contributed by atoms with E-state index in [9.17, 15) is 19.8 Å². The molecule has 2 aliphatic rings. The number of hydrogen-bond acceptors (Lipinski definition) is 6. The van der Waals surface area contributed by atoms with E-state index in [2.05, 4.69) is 10.3 Å². The Bertz CT molecular complexity index is 736. The van der Waals surface area contributed by atoms with Gasteiger partial charge in [-0.25, -0.2) is 4.98 Å². The number of aryl methyl sites for hydroxylation is 1. The maximum Gasteiger partial charge on any atom is 0.252 e. The minimum absolute atomic E-state index is 0.179. The third-order valence-corrected chi connectivity index (χ3v) is 5.80. The van der Waals surface area contributed by atoms with Crippen molar-refractivity contribution in [3.63, 3.8) is 0 Å². The Hall–Kier alpha value is -1.97. The van der Waals surface area contributed by atoms with E-state index >= 15 is 0 Å². The van der Waals surface area contributed by atoms with E-state index in [0.29, 0.717) is 45.6 Å². The Morgan fingerprint density at radius 1 is 1.38 bits per heavy atom. The van der Waals surface area contributed by atoms with Crippen molar-refractivity contribution in [1.82, 2.24) is 24.7 Å². The van der Waals surface area contributed by atoms with Crippen LogP contribution in [0.15, 0.2) is 12.5 Å². The van der Waals surface area contributed by atoms with E-state index in [1.165, 1.54) is 4.90 Å². The van der Waals surface area contributed by atoms with Gasteiger partial charge >= 0.3 is 0 Å². The standard InChI is InChI=1S/C20H33N5O4/c1-14(2)17(26)19(28)25-8-6-21-9-16(25)18(27)24-7-4-5-20(29,12-24)11-23-10-15(3)22-13-23/h10,13-14,16-17,21,26,29H,4-9,11-12H2,1-3H3/t16-,17?,20?/m1/s1. The molecule has 2 saturated heterocycles. The van der Waals surface area contributed by atoms with Gasteiger partial charge in [-0.05, 0) is 25.7 Å². The first kappa shape index (κ1) is 21.7. The van der Waals surface area contributed by atoms with Gasteiger partial charge in [0.05, 0.1) is 25.1 Å². The van der Waals surface area contributed by atoms with E-state index < -0.39 is 23.7 Å². The summed E-state index contributed by atoms with van der Waals surface area (Å²) in [7, 11) is 0. The van der Waals surface area contributed by atoms with Gasteiger partial charge in [0.15, 0.2) is 0 Å². The first-order valence-corrected chi connectivity index (χ1v) is 10.4. The number of piperazine rings is 1. The number of aromatic nitrogens is 2. The smallest absolute Gasteiger partial charge is 0.252 e. The van der Waals surface area contributed by atoms with Crippen LogP contribution in [0.25, 0.3) is 0 Å². The summed E-state index contributed by atoms with van der Waals surface area (Å²) >= 11 is 0. The van der Waals surface area contributed by atoms with Crippen molar-refractivity contribution in [3.8, 4) is 0 Å². The fourth-order valence-corrected chi connectivity index (χ4v) is 4.18. The number of rotatable bonds is 5. The molecule has 3 N–H and O–H groups in total. The van der Waals surface area contributed by atoms with Crippen molar-refractivity contribution in [3.05, 3.63) is 18.2 Å². The molecule has 9 nitrogen and oxygen atoms in total. The molecule has 0 radical (unpaired) electrons. The predicted molar refractivity (Wildman–Crippen MR) is 107 cm³/mol. The van der Waals surface area contributed by atoms with Crippen LogP contribution >= 0.6 is 0 Å². The molecular formula is C20H33N5O4. The molecule has 3 rings (SSSR count). The highest BCUT2D eigenvalue weighted by atomic mass is 16.3. The second-order valence-corrected chi connectivity index (χ2v) is 8.72. The lowest BCUT2D eigenvalue weighted by Gasteiger charge is -2.43. The van der Waals surface area contributed by atoms with E-state index in [-0.39, 0.29) is 18.4 Å². The summed E-state index contributed by atoms with van der Waals surface area (Å²) < 4.78 is 1.85. The number of carbonyl (C=O) groups is 2. The van der Waals surface area contributed by atoms with Gasteiger partial charge in [0.2, 0.25) is 5.91 Å². The van der Waals surface area contributed by atoms with Crippen LogP contribution < -0.4 is 5.32 Å². The third kappa shape index (κ3) is 4.96. The monoisotopic (exact) mass is 407 g/mol. The molecule has 3 heterocycles. The van der Waals surface area contributed by atoms with Crippen LogP contribution in [0.5, 0.6) is 0 Å². The van der Waals surface area contributed by atoms with Crippen LogP contribution in [0.2, 0.25) is 0 Å². The number of piperidine rings is 1. The van der Waals surface area contributed by atoms with Gasteiger partial charge in [-0.1, -0.05) is 13.8 Å². The van der Waals surface area contributed by atoms with Crippen molar-refractivity contribution >= 4 is 11.8 Å². The second-order valence-electron chi connectivity index (χ2n) is 8.72. The number of aliphatic hydroxyl groups excluding tert-OH is 1. The van der Waals surface area contributed by atoms with E-state index in [4.69, 9.17) is 0 Å². The van der Waals surface area contributed by atoms with Crippen LogP contribution in [0.4, 0.5) is 0 Å². The molecule has 2 fully saturated rings. The summed E-state index contributed by atoms with van der Waals surface area (Å²) in [4.78, 5) is 33.4. The highest BCUT2D eigenvalue weighted by Crippen LogP contribution is 2.25. The molecular weight excluding hydrogens is 374 g/mol. The number of nitrogens with one attached hydrogen (secondary N) is 1. The average Bonchev–Trinajstić information content (AvgIpc) is 3.10. The Balaban J connectivity index is 1.71. The molecule has 1 aromatic heterocycles. The van der Waals surface area contributed by atoms with Crippen molar-refractivity contribution in [2.75, 3.05) is 32.7 Å². The van der Waals surface area contributed by atoms with Crippen molar-refractivity contribution in [2.45, 2.75) is 57.9 Å². The van der Waals surface area contributed by atoms with E-state index in [1.54, 1.807) is 25.1 Å². The highest BCUT2D eigenvalue weighted by Gasteiger charge is 2.41. The summed E-state index contributed by atoms with van der Waals surface area (Å²) in [6.07, 6.45) is 3.74. The lowest BCUT2D eigenvalue weighted by molar-refractivity contribution is -0.156. The number of aliphatic hydroxyl groups is 2. The number of hydrogen-bond donors (Lipinski definition) is 3. The molecule has 3 atom stereocenters. The van der Waals surface area contributed by atoms with Gasteiger partial charge in [-0.2, -0.15) is 0 Å². The molecule has 29 heavy (non-hydrogen) atoms. The maximum atomic E-state index is 13.3. The fourth-order valence-electron chi connectivity index (χ4n) is 4.18. The van der Waals surface area contributed by atoms with Crippen LogP contribution in [-0.4, -0.2) is 91.8 Å². The zero-order valence-electron chi connectivity index (χ0n) is 17.5. The molecule has 0 saturated carbocycles. The molecule has 2 aliphatic heterocycles. The Kier molecular flexibility index (Phi) is 6.60. The SMILES string of the molecule is Cc1cn(CC2(O)CCCN(C(=O)[C@H]3CNCCN3C(=O)C(O)C(C)C)C2)cn1. The molecule has 162 valence electrons. The zero-order valence-corrected chi connectivity index (χ0v) is 17.5. The van der Waals surface area contributed by atoms with Crippen molar-refractivity contribution < 1.29 is 19.8 Å². The fraction of sp³-hybridized carbons (Fsp3) is 0.750. The summed E-state index contributed by atoms with van der Waals surface area (Å²) in [6.45, 7) is 7.92. The number of amides is 2. The lowest BCUT2D eigenvalue weighted by Crippen LogP contribution is -2.64. The molecule has 0 aliphatic carbocycles. The van der Waals surface area contributed by atoms with Gasteiger partial charge in [0, 0.05) is 32.4 Å². The van der Waals surface area contributed by atoms with Gasteiger partial charge < -0.3 is 29.9 Å². The Morgan fingerprint density at radius 2 is 2.14 bits per heavy atom. The summed E-state index contributed by atoms with van der Waals surface area (Å²) in [5, 5.41) is 24.5. The lowest BCUT2D eigenvalue weighted by atomic mass is 9.92. The highest BCUT2D eigenvalue weighted by molar-refractivity contribution is 5.90. The summed E-state index contributed by atoms with van der Waals surface area (Å²) in [5.41, 5.74) is -0.154. The minimum Gasteiger partial charge on any atom is -0.386 e. The van der Waals surface area contributed by atoms with Crippen molar-refractivity contribution in [2.24, 2.45) is 5.92 Å². The van der Waals surface area contributed by atoms with Gasteiger partial charge in [0.1, 0.15) is 17.7 Å². The maximum absolute atomic E-state index is 13.3. The quantitative estimate of drug-likeness (QED) is 0.599. The molecule has 9 heteroatoms.